The lowest BCUT2D eigenvalue weighted by molar-refractivity contribution is 0.198. The van der Waals surface area contributed by atoms with E-state index in [2.05, 4.69) is 52.0 Å². The van der Waals surface area contributed by atoms with Crippen LogP contribution < -0.4 is 5.32 Å². The van der Waals surface area contributed by atoms with Crippen molar-refractivity contribution in [2.75, 3.05) is 20.3 Å². The van der Waals surface area contributed by atoms with Crippen LogP contribution in [0.4, 0.5) is 0 Å². The molecule has 0 radical (unpaired) electrons. The topological polar surface area (TPSA) is 64.9 Å². The van der Waals surface area contributed by atoms with Gasteiger partial charge in [-0.15, -0.1) is 5.10 Å². The Hall–Kier alpha value is -1.79. The van der Waals surface area contributed by atoms with Crippen molar-refractivity contribution in [2.24, 2.45) is 0 Å². The zero-order chi connectivity index (χ0) is 14.2. The van der Waals surface area contributed by atoms with Gasteiger partial charge in [0, 0.05) is 20.2 Å². The van der Waals surface area contributed by atoms with Crippen LogP contribution in [0.3, 0.4) is 0 Å². The molecule has 1 aromatic heterocycles. The van der Waals surface area contributed by atoms with Gasteiger partial charge in [0.25, 0.3) is 0 Å². The molecule has 1 N–H and O–H groups in total. The van der Waals surface area contributed by atoms with Crippen molar-refractivity contribution >= 4 is 0 Å². The van der Waals surface area contributed by atoms with E-state index in [1.54, 1.807) is 7.11 Å². The molecule has 1 aromatic carbocycles. The molecule has 0 amide bonds. The fraction of sp³-hybridized carbons (Fsp3) is 0.500. The highest BCUT2D eigenvalue weighted by molar-refractivity contribution is 5.25. The third-order valence-corrected chi connectivity index (χ3v) is 3.23. The molecular formula is C14H21N5O. The highest BCUT2D eigenvalue weighted by Crippen LogP contribution is 2.08. The molecule has 0 saturated carbocycles. The zero-order valence-corrected chi connectivity index (χ0v) is 12.0. The summed E-state index contributed by atoms with van der Waals surface area (Å²) in [5, 5.41) is 15.1. The van der Waals surface area contributed by atoms with Crippen molar-refractivity contribution in [3.05, 3.63) is 41.2 Å². The van der Waals surface area contributed by atoms with E-state index in [0.29, 0.717) is 13.2 Å². The number of tetrazole rings is 1. The van der Waals surface area contributed by atoms with Gasteiger partial charge >= 0.3 is 0 Å². The predicted octanol–water partition coefficient (Wildman–Crippen LogP) is 0.960. The minimum atomic E-state index is 0.657. The lowest BCUT2D eigenvalue weighted by Gasteiger charge is -2.07. The highest BCUT2D eigenvalue weighted by atomic mass is 16.5. The fourth-order valence-corrected chi connectivity index (χ4v) is 2.01. The van der Waals surface area contributed by atoms with E-state index in [4.69, 9.17) is 4.74 Å². The van der Waals surface area contributed by atoms with Gasteiger partial charge in [0.05, 0.1) is 13.2 Å². The lowest BCUT2D eigenvalue weighted by Crippen LogP contribution is -2.21. The van der Waals surface area contributed by atoms with Gasteiger partial charge < -0.3 is 10.1 Å². The van der Waals surface area contributed by atoms with Crippen LogP contribution in [0, 0.1) is 6.92 Å². The van der Waals surface area contributed by atoms with Crippen LogP contribution >= 0.6 is 0 Å². The van der Waals surface area contributed by atoms with Crippen molar-refractivity contribution in [3.8, 4) is 0 Å². The Labute approximate surface area is 119 Å². The van der Waals surface area contributed by atoms with E-state index < -0.39 is 0 Å². The molecule has 0 aliphatic heterocycles. The normalized spacial score (nSPS) is 10.9. The van der Waals surface area contributed by atoms with Crippen molar-refractivity contribution in [2.45, 2.75) is 26.4 Å². The average molecular weight is 275 g/mol. The first-order valence-corrected chi connectivity index (χ1v) is 6.80. The number of benzene rings is 1. The third kappa shape index (κ3) is 4.11. The van der Waals surface area contributed by atoms with Gasteiger partial charge in [-0.25, -0.2) is 4.68 Å². The number of hydrogen-bond acceptors (Lipinski definition) is 5. The van der Waals surface area contributed by atoms with Crippen LogP contribution in [0.2, 0.25) is 0 Å². The quantitative estimate of drug-likeness (QED) is 0.727. The summed E-state index contributed by atoms with van der Waals surface area (Å²) in [5.41, 5.74) is 2.64. The first-order chi connectivity index (χ1) is 9.81. The summed E-state index contributed by atoms with van der Waals surface area (Å²) in [4.78, 5) is 0. The fourth-order valence-electron chi connectivity index (χ4n) is 2.01. The Balaban J connectivity index is 1.87. The molecule has 6 heteroatoms. The molecule has 0 aliphatic carbocycles. The summed E-state index contributed by atoms with van der Waals surface area (Å²) >= 11 is 0. The molecule has 0 spiro atoms. The average Bonchev–Trinajstić information content (AvgIpc) is 2.90. The number of nitrogens with zero attached hydrogens (tertiary/aromatic N) is 4. The highest BCUT2D eigenvalue weighted by Gasteiger charge is 2.06. The lowest BCUT2D eigenvalue weighted by atomic mass is 10.1. The predicted molar refractivity (Wildman–Crippen MR) is 76.3 cm³/mol. The molecule has 0 saturated heterocycles. The maximum atomic E-state index is 4.99. The Kier molecular flexibility index (Phi) is 5.64. The smallest absolute Gasteiger partial charge is 0.165 e. The molecule has 0 bridgehead atoms. The van der Waals surface area contributed by atoms with E-state index in [9.17, 15) is 0 Å². The van der Waals surface area contributed by atoms with E-state index in [-0.39, 0.29) is 0 Å². The van der Waals surface area contributed by atoms with Crippen LogP contribution in [0.1, 0.15) is 17.0 Å². The maximum Gasteiger partial charge on any atom is 0.165 e. The summed E-state index contributed by atoms with van der Waals surface area (Å²) in [6.45, 7) is 5.05. The Morgan fingerprint density at radius 1 is 1.30 bits per heavy atom. The van der Waals surface area contributed by atoms with Crippen molar-refractivity contribution in [1.82, 2.24) is 25.5 Å². The molecule has 0 unspecified atom stereocenters. The van der Waals surface area contributed by atoms with Crippen LogP contribution in [0.25, 0.3) is 0 Å². The minimum Gasteiger partial charge on any atom is -0.383 e. The van der Waals surface area contributed by atoms with Crippen molar-refractivity contribution in [1.29, 1.82) is 0 Å². The molecule has 6 nitrogen and oxygen atoms in total. The zero-order valence-electron chi connectivity index (χ0n) is 12.0. The molecule has 0 aliphatic rings. The Bertz CT molecular complexity index is 526. The van der Waals surface area contributed by atoms with E-state index in [0.717, 1.165) is 25.3 Å². The minimum absolute atomic E-state index is 0.657. The summed E-state index contributed by atoms with van der Waals surface area (Å²) < 4.78 is 6.84. The number of rotatable bonds is 8. The first kappa shape index (κ1) is 14.6. The molecule has 0 atom stereocenters. The SMILES string of the molecule is COCCNCc1nnnn1CCc1ccccc1C. The monoisotopic (exact) mass is 275 g/mol. The maximum absolute atomic E-state index is 4.99. The molecule has 2 aromatic rings. The second-order valence-electron chi connectivity index (χ2n) is 4.66. The van der Waals surface area contributed by atoms with Crippen molar-refractivity contribution in [3.63, 3.8) is 0 Å². The summed E-state index contributed by atoms with van der Waals surface area (Å²) in [6, 6.07) is 8.40. The summed E-state index contributed by atoms with van der Waals surface area (Å²) in [6.07, 6.45) is 0.933. The van der Waals surface area contributed by atoms with E-state index in [1.165, 1.54) is 11.1 Å². The summed E-state index contributed by atoms with van der Waals surface area (Å²) in [5.74, 6) is 0.856. The largest absolute Gasteiger partial charge is 0.383 e. The van der Waals surface area contributed by atoms with Crippen LogP contribution in [0.15, 0.2) is 24.3 Å². The number of methoxy groups -OCH3 is 1. The Morgan fingerprint density at radius 3 is 2.95 bits per heavy atom. The van der Waals surface area contributed by atoms with Crippen LogP contribution in [0.5, 0.6) is 0 Å². The van der Waals surface area contributed by atoms with E-state index in [1.807, 2.05) is 4.68 Å². The molecular weight excluding hydrogens is 254 g/mol. The van der Waals surface area contributed by atoms with E-state index >= 15 is 0 Å². The standard InChI is InChI=1S/C14H21N5O/c1-12-5-3-4-6-13(12)7-9-19-14(16-17-18-19)11-15-8-10-20-2/h3-6,15H,7-11H2,1-2H3. The van der Waals surface area contributed by atoms with Crippen LogP contribution in [-0.2, 0) is 24.2 Å². The van der Waals surface area contributed by atoms with Gasteiger partial charge in [0.2, 0.25) is 0 Å². The number of nitrogens with one attached hydrogen (secondary N) is 1. The summed E-state index contributed by atoms with van der Waals surface area (Å²) in [7, 11) is 1.69. The second kappa shape index (κ2) is 7.72. The molecule has 20 heavy (non-hydrogen) atoms. The number of aryl methyl sites for hydroxylation is 3. The van der Waals surface area contributed by atoms with Crippen molar-refractivity contribution < 1.29 is 4.74 Å². The number of hydrogen-bond donors (Lipinski definition) is 1. The number of ether oxygens (including phenoxy) is 1. The molecule has 2 rings (SSSR count). The van der Waals surface area contributed by atoms with Gasteiger partial charge in [0.1, 0.15) is 0 Å². The molecule has 1 heterocycles. The van der Waals surface area contributed by atoms with Gasteiger partial charge in [-0.3, -0.25) is 0 Å². The van der Waals surface area contributed by atoms with Crippen LogP contribution in [-0.4, -0.2) is 40.5 Å². The third-order valence-electron chi connectivity index (χ3n) is 3.23. The molecule has 108 valence electrons. The first-order valence-electron chi connectivity index (χ1n) is 6.80. The second-order valence-corrected chi connectivity index (χ2v) is 4.66. The van der Waals surface area contributed by atoms with Gasteiger partial charge in [0.15, 0.2) is 5.82 Å². The van der Waals surface area contributed by atoms with Gasteiger partial charge in [-0.05, 0) is 34.9 Å². The Morgan fingerprint density at radius 2 is 2.15 bits per heavy atom. The van der Waals surface area contributed by atoms with Gasteiger partial charge in [-0.1, -0.05) is 24.3 Å². The number of aromatic nitrogens is 4. The van der Waals surface area contributed by atoms with Gasteiger partial charge in [-0.2, -0.15) is 0 Å². The molecule has 0 fully saturated rings.